The highest BCUT2D eigenvalue weighted by molar-refractivity contribution is 5.91. The molecule has 3 aromatic rings. The van der Waals surface area contributed by atoms with Gasteiger partial charge in [-0.2, -0.15) is 0 Å². The van der Waals surface area contributed by atoms with Crippen molar-refractivity contribution < 1.29 is 9.53 Å². The standard InChI is InChI=1S/C19H19NO2/c1-4-22-19-8-6-13(2)9-17(19)16-10-15-7-5-14(3)11-20(15)18(16)12-21/h5-12H,4H2,1-3H3. The molecule has 0 saturated heterocycles. The van der Waals surface area contributed by atoms with Gasteiger partial charge in [0, 0.05) is 22.8 Å². The zero-order valence-corrected chi connectivity index (χ0v) is 13.1. The van der Waals surface area contributed by atoms with Gasteiger partial charge in [-0.15, -0.1) is 0 Å². The smallest absolute Gasteiger partial charge is 0.167 e. The molecule has 0 radical (unpaired) electrons. The lowest BCUT2D eigenvalue weighted by Gasteiger charge is -2.11. The minimum absolute atomic E-state index is 0.596. The lowest BCUT2D eigenvalue weighted by Crippen LogP contribution is -1.97. The number of rotatable bonds is 4. The summed E-state index contributed by atoms with van der Waals surface area (Å²) in [6.45, 7) is 6.62. The molecule has 0 N–H and O–H groups in total. The van der Waals surface area contributed by atoms with Gasteiger partial charge in [-0.1, -0.05) is 17.7 Å². The molecule has 0 atom stereocenters. The van der Waals surface area contributed by atoms with E-state index in [4.69, 9.17) is 4.74 Å². The van der Waals surface area contributed by atoms with Crippen LogP contribution in [0, 0.1) is 13.8 Å². The molecule has 0 aliphatic carbocycles. The first-order chi connectivity index (χ1) is 10.6. The van der Waals surface area contributed by atoms with Crippen LogP contribution in [0.5, 0.6) is 5.75 Å². The Morgan fingerprint density at radius 2 is 1.82 bits per heavy atom. The Balaban J connectivity index is 2.30. The van der Waals surface area contributed by atoms with Gasteiger partial charge >= 0.3 is 0 Å². The van der Waals surface area contributed by atoms with Crippen LogP contribution in [0.1, 0.15) is 28.5 Å². The summed E-state index contributed by atoms with van der Waals surface area (Å²) in [7, 11) is 0. The van der Waals surface area contributed by atoms with Crippen molar-refractivity contribution in [1.82, 2.24) is 4.40 Å². The number of hydrogen-bond donors (Lipinski definition) is 0. The molecule has 2 aromatic heterocycles. The van der Waals surface area contributed by atoms with E-state index in [-0.39, 0.29) is 0 Å². The van der Waals surface area contributed by atoms with Crippen molar-refractivity contribution in [3.05, 3.63) is 59.4 Å². The van der Waals surface area contributed by atoms with Gasteiger partial charge in [0.2, 0.25) is 0 Å². The maximum atomic E-state index is 11.7. The van der Waals surface area contributed by atoms with Crippen molar-refractivity contribution in [1.29, 1.82) is 0 Å². The molecule has 0 bridgehead atoms. The van der Waals surface area contributed by atoms with Crippen molar-refractivity contribution in [2.45, 2.75) is 20.8 Å². The van der Waals surface area contributed by atoms with Crippen molar-refractivity contribution >= 4 is 11.8 Å². The summed E-state index contributed by atoms with van der Waals surface area (Å²) in [4.78, 5) is 11.7. The van der Waals surface area contributed by atoms with Crippen molar-refractivity contribution in [3.63, 3.8) is 0 Å². The Bertz CT molecular complexity index is 846. The first-order valence-electron chi connectivity index (χ1n) is 7.44. The predicted octanol–water partition coefficient (Wildman–Crippen LogP) is 4.43. The highest BCUT2D eigenvalue weighted by Crippen LogP contribution is 2.35. The van der Waals surface area contributed by atoms with E-state index in [0.717, 1.165) is 39.8 Å². The fraction of sp³-hybridized carbons (Fsp3) is 0.211. The zero-order chi connectivity index (χ0) is 15.7. The van der Waals surface area contributed by atoms with Crippen LogP contribution in [0.2, 0.25) is 0 Å². The molecule has 0 spiro atoms. The van der Waals surface area contributed by atoms with Crippen LogP contribution < -0.4 is 4.74 Å². The number of aromatic nitrogens is 1. The topological polar surface area (TPSA) is 30.7 Å². The van der Waals surface area contributed by atoms with Crippen LogP contribution in [0.15, 0.2) is 42.6 Å². The minimum atomic E-state index is 0.596. The minimum Gasteiger partial charge on any atom is -0.493 e. The van der Waals surface area contributed by atoms with E-state index >= 15 is 0 Å². The van der Waals surface area contributed by atoms with Crippen LogP contribution in [-0.4, -0.2) is 17.3 Å². The monoisotopic (exact) mass is 293 g/mol. The molecule has 22 heavy (non-hydrogen) atoms. The van der Waals surface area contributed by atoms with Crippen LogP contribution in [-0.2, 0) is 0 Å². The highest BCUT2D eigenvalue weighted by Gasteiger charge is 2.15. The van der Waals surface area contributed by atoms with Gasteiger partial charge in [-0.3, -0.25) is 4.79 Å². The summed E-state index contributed by atoms with van der Waals surface area (Å²) in [6, 6.07) is 12.2. The molecular formula is C19H19NO2. The van der Waals surface area contributed by atoms with E-state index in [1.54, 1.807) is 0 Å². The fourth-order valence-electron chi connectivity index (χ4n) is 2.77. The second kappa shape index (κ2) is 5.68. The number of carbonyl (C=O) groups is 1. The van der Waals surface area contributed by atoms with Gasteiger partial charge in [0.05, 0.1) is 12.3 Å². The second-order valence-electron chi connectivity index (χ2n) is 5.50. The lowest BCUT2D eigenvalue weighted by atomic mass is 10.0. The van der Waals surface area contributed by atoms with Crippen LogP contribution in [0.4, 0.5) is 0 Å². The van der Waals surface area contributed by atoms with Crippen LogP contribution in [0.3, 0.4) is 0 Å². The third-order valence-electron chi connectivity index (χ3n) is 3.79. The van der Waals surface area contributed by atoms with Gasteiger partial charge in [0.25, 0.3) is 0 Å². The molecule has 0 unspecified atom stereocenters. The Morgan fingerprint density at radius 3 is 2.55 bits per heavy atom. The van der Waals surface area contributed by atoms with Gasteiger partial charge in [0.15, 0.2) is 6.29 Å². The summed E-state index contributed by atoms with van der Waals surface area (Å²) < 4.78 is 7.68. The number of nitrogens with zero attached hydrogens (tertiary/aromatic N) is 1. The number of benzene rings is 1. The van der Waals surface area contributed by atoms with Crippen molar-refractivity contribution in [2.24, 2.45) is 0 Å². The number of aldehydes is 1. The van der Waals surface area contributed by atoms with E-state index in [9.17, 15) is 4.79 Å². The van der Waals surface area contributed by atoms with Crippen molar-refractivity contribution in [2.75, 3.05) is 6.61 Å². The largest absolute Gasteiger partial charge is 0.493 e. The van der Waals surface area contributed by atoms with E-state index in [1.807, 2.05) is 61.7 Å². The molecular weight excluding hydrogens is 274 g/mol. The zero-order valence-electron chi connectivity index (χ0n) is 13.1. The Hall–Kier alpha value is -2.55. The molecule has 0 fully saturated rings. The predicted molar refractivity (Wildman–Crippen MR) is 88.9 cm³/mol. The van der Waals surface area contributed by atoms with Crippen LogP contribution >= 0.6 is 0 Å². The Morgan fingerprint density at radius 1 is 1.05 bits per heavy atom. The SMILES string of the molecule is CCOc1ccc(C)cc1-c1cc2ccc(C)cn2c1C=O. The van der Waals surface area contributed by atoms with Crippen molar-refractivity contribution in [3.8, 4) is 16.9 Å². The number of aryl methyl sites for hydroxylation is 2. The van der Waals surface area contributed by atoms with Gasteiger partial charge in [0.1, 0.15) is 5.75 Å². The molecule has 0 saturated carbocycles. The van der Waals surface area contributed by atoms with E-state index in [2.05, 4.69) is 6.07 Å². The Labute approximate surface area is 130 Å². The summed E-state index contributed by atoms with van der Waals surface area (Å²) in [5.74, 6) is 0.809. The maximum absolute atomic E-state index is 11.7. The summed E-state index contributed by atoms with van der Waals surface area (Å²) in [6.07, 6.45) is 2.90. The molecule has 0 aliphatic heterocycles. The van der Waals surface area contributed by atoms with Gasteiger partial charge in [-0.05, 0) is 50.6 Å². The first kappa shape index (κ1) is 14.4. The number of hydrogen-bond acceptors (Lipinski definition) is 2. The van der Waals surface area contributed by atoms with Gasteiger partial charge < -0.3 is 9.14 Å². The highest BCUT2D eigenvalue weighted by atomic mass is 16.5. The quantitative estimate of drug-likeness (QED) is 0.666. The third-order valence-corrected chi connectivity index (χ3v) is 3.79. The average Bonchev–Trinajstić information content (AvgIpc) is 2.86. The summed E-state index contributed by atoms with van der Waals surface area (Å²) >= 11 is 0. The summed E-state index contributed by atoms with van der Waals surface area (Å²) in [5.41, 5.74) is 5.80. The normalized spacial score (nSPS) is 10.9. The second-order valence-corrected chi connectivity index (χ2v) is 5.50. The average molecular weight is 293 g/mol. The fourth-order valence-corrected chi connectivity index (χ4v) is 2.77. The van der Waals surface area contributed by atoms with Gasteiger partial charge in [-0.25, -0.2) is 0 Å². The molecule has 112 valence electrons. The molecule has 2 heterocycles. The number of pyridine rings is 1. The molecule has 3 rings (SSSR count). The third kappa shape index (κ3) is 2.39. The molecule has 0 aliphatic rings. The number of ether oxygens (including phenoxy) is 1. The van der Waals surface area contributed by atoms with E-state index < -0.39 is 0 Å². The summed E-state index contributed by atoms with van der Waals surface area (Å²) in [5, 5.41) is 0. The Kier molecular flexibility index (Phi) is 3.72. The molecule has 3 heteroatoms. The molecule has 1 aromatic carbocycles. The number of carbonyl (C=O) groups excluding carboxylic acids is 1. The maximum Gasteiger partial charge on any atom is 0.167 e. The number of fused-ring (bicyclic) bond motifs is 1. The van der Waals surface area contributed by atoms with E-state index in [0.29, 0.717) is 12.3 Å². The molecule has 0 amide bonds. The van der Waals surface area contributed by atoms with Crippen LogP contribution in [0.25, 0.3) is 16.6 Å². The molecule has 3 nitrogen and oxygen atoms in total. The van der Waals surface area contributed by atoms with E-state index in [1.165, 1.54) is 0 Å². The lowest BCUT2D eigenvalue weighted by molar-refractivity contribution is 0.111. The first-order valence-corrected chi connectivity index (χ1v) is 7.44.